The van der Waals surface area contributed by atoms with Crippen LogP contribution in [0.2, 0.25) is 0 Å². The van der Waals surface area contributed by atoms with Crippen LogP contribution in [0.3, 0.4) is 0 Å². The van der Waals surface area contributed by atoms with Gasteiger partial charge in [-0.25, -0.2) is 4.39 Å². The monoisotopic (exact) mass is 337 g/mol. The summed E-state index contributed by atoms with van der Waals surface area (Å²) < 4.78 is 19.3. The number of methoxy groups -OCH3 is 1. The molecule has 20 heavy (non-hydrogen) atoms. The molecule has 0 aliphatic carbocycles. The second kappa shape index (κ2) is 6.86. The molecule has 2 nitrogen and oxygen atoms in total. The summed E-state index contributed by atoms with van der Waals surface area (Å²) >= 11 is 3.47. The highest BCUT2D eigenvalue weighted by Gasteiger charge is 2.08. The summed E-state index contributed by atoms with van der Waals surface area (Å²) in [6, 6.07) is 12.6. The van der Waals surface area contributed by atoms with Gasteiger partial charge in [0.2, 0.25) is 0 Å². The first kappa shape index (κ1) is 15.0. The molecule has 0 aromatic heterocycles. The van der Waals surface area contributed by atoms with Gasteiger partial charge in [0.05, 0.1) is 7.11 Å². The lowest BCUT2D eigenvalue weighted by Gasteiger charge is -2.18. The molecule has 0 atom stereocenters. The maximum Gasteiger partial charge on any atom is 0.123 e. The van der Waals surface area contributed by atoms with E-state index in [1.165, 1.54) is 12.1 Å². The van der Waals surface area contributed by atoms with E-state index in [9.17, 15) is 4.39 Å². The van der Waals surface area contributed by atoms with Gasteiger partial charge in [0.25, 0.3) is 0 Å². The standard InChI is InChI=1S/C16H17BrFNO/c1-19(10-12-3-6-15(18)7-4-12)11-13-9-14(17)5-8-16(13)20-2/h3-9H,10-11H2,1-2H3. The van der Waals surface area contributed by atoms with Gasteiger partial charge in [0, 0.05) is 23.1 Å². The molecule has 0 saturated carbocycles. The number of ether oxygens (including phenoxy) is 1. The summed E-state index contributed by atoms with van der Waals surface area (Å²) in [4.78, 5) is 2.16. The summed E-state index contributed by atoms with van der Waals surface area (Å²) in [5.41, 5.74) is 2.20. The van der Waals surface area contributed by atoms with Crippen molar-refractivity contribution in [3.63, 3.8) is 0 Å². The molecule has 0 N–H and O–H groups in total. The fourth-order valence-electron chi connectivity index (χ4n) is 2.12. The van der Waals surface area contributed by atoms with Crippen molar-refractivity contribution < 1.29 is 9.13 Å². The zero-order valence-corrected chi connectivity index (χ0v) is 13.2. The third kappa shape index (κ3) is 4.05. The molecule has 106 valence electrons. The molecule has 0 fully saturated rings. The van der Waals surface area contributed by atoms with Crippen LogP contribution in [0.15, 0.2) is 46.9 Å². The number of rotatable bonds is 5. The second-order valence-corrected chi connectivity index (χ2v) is 5.67. The van der Waals surface area contributed by atoms with Crippen LogP contribution >= 0.6 is 15.9 Å². The van der Waals surface area contributed by atoms with Crippen molar-refractivity contribution in [3.8, 4) is 5.75 Å². The first-order valence-electron chi connectivity index (χ1n) is 6.34. The molecule has 0 amide bonds. The summed E-state index contributed by atoms with van der Waals surface area (Å²) in [5, 5.41) is 0. The summed E-state index contributed by atoms with van der Waals surface area (Å²) in [6.45, 7) is 1.52. The molecule has 0 saturated heterocycles. The van der Waals surface area contributed by atoms with Gasteiger partial charge in [-0.3, -0.25) is 4.90 Å². The molecular formula is C16H17BrFNO. The van der Waals surface area contributed by atoms with Crippen LogP contribution in [-0.2, 0) is 13.1 Å². The minimum absolute atomic E-state index is 0.204. The Morgan fingerprint density at radius 2 is 1.80 bits per heavy atom. The smallest absolute Gasteiger partial charge is 0.123 e. The van der Waals surface area contributed by atoms with Crippen molar-refractivity contribution >= 4 is 15.9 Å². The van der Waals surface area contributed by atoms with Crippen molar-refractivity contribution in [1.82, 2.24) is 4.90 Å². The Balaban J connectivity index is 2.05. The van der Waals surface area contributed by atoms with E-state index in [4.69, 9.17) is 4.74 Å². The number of halogens is 2. The van der Waals surface area contributed by atoms with Crippen LogP contribution < -0.4 is 4.74 Å². The first-order chi connectivity index (χ1) is 9.58. The highest BCUT2D eigenvalue weighted by Crippen LogP contribution is 2.24. The molecule has 2 aromatic carbocycles. The predicted octanol–water partition coefficient (Wildman–Crippen LogP) is 4.23. The lowest BCUT2D eigenvalue weighted by Crippen LogP contribution is -2.17. The molecule has 0 heterocycles. The van der Waals surface area contributed by atoms with Crippen LogP contribution in [0, 0.1) is 5.82 Å². The average Bonchev–Trinajstić information content (AvgIpc) is 2.41. The Kier molecular flexibility index (Phi) is 5.15. The number of nitrogens with zero attached hydrogens (tertiary/aromatic N) is 1. The number of benzene rings is 2. The van der Waals surface area contributed by atoms with E-state index >= 15 is 0 Å². The average molecular weight is 338 g/mol. The Morgan fingerprint density at radius 1 is 1.10 bits per heavy atom. The van der Waals surface area contributed by atoms with Gasteiger partial charge < -0.3 is 4.74 Å². The van der Waals surface area contributed by atoms with E-state index in [1.54, 1.807) is 7.11 Å². The van der Waals surface area contributed by atoms with E-state index in [2.05, 4.69) is 26.9 Å². The van der Waals surface area contributed by atoms with Crippen molar-refractivity contribution in [2.24, 2.45) is 0 Å². The van der Waals surface area contributed by atoms with Gasteiger partial charge in [0.1, 0.15) is 11.6 Å². The van der Waals surface area contributed by atoms with Gasteiger partial charge in [-0.2, -0.15) is 0 Å². The Bertz CT molecular complexity index is 571. The zero-order chi connectivity index (χ0) is 14.5. The fraction of sp³-hybridized carbons (Fsp3) is 0.250. The molecule has 0 spiro atoms. The molecule has 0 aliphatic rings. The number of hydrogen-bond donors (Lipinski definition) is 0. The molecule has 0 aliphatic heterocycles. The van der Waals surface area contributed by atoms with Gasteiger partial charge in [-0.05, 0) is 42.9 Å². The zero-order valence-electron chi connectivity index (χ0n) is 11.6. The predicted molar refractivity (Wildman–Crippen MR) is 82.3 cm³/mol. The van der Waals surface area contributed by atoms with Gasteiger partial charge in [-0.1, -0.05) is 28.1 Å². The van der Waals surface area contributed by atoms with E-state index in [1.807, 2.05) is 31.3 Å². The Labute approximate surface area is 127 Å². The lowest BCUT2D eigenvalue weighted by molar-refractivity contribution is 0.310. The highest BCUT2D eigenvalue weighted by molar-refractivity contribution is 9.10. The molecule has 4 heteroatoms. The highest BCUT2D eigenvalue weighted by atomic mass is 79.9. The van der Waals surface area contributed by atoms with E-state index in [0.29, 0.717) is 0 Å². The van der Waals surface area contributed by atoms with Crippen molar-refractivity contribution in [2.75, 3.05) is 14.2 Å². The van der Waals surface area contributed by atoms with Crippen molar-refractivity contribution in [1.29, 1.82) is 0 Å². The van der Waals surface area contributed by atoms with Crippen LogP contribution in [0.5, 0.6) is 5.75 Å². The third-order valence-corrected chi connectivity index (χ3v) is 3.54. The Hall–Kier alpha value is -1.39. The van der Waals surface area contributed by atoms with Crippen molar-refractivity contribution in [3.05, 3.63) is 63.9 Å². The third-order valence-electron chi connectivity index (χ3n) is 3.05. The maximum atomic E-state index is 12.9. The fourth-order valence-corrected chi connectivity index (χ4v) is 2.53. The molecule has 2 aromatic rings. The van der Waals surface area contributed by atoms with Crippen LogP contribution in [-0.4, -0.2) is 19.1 Å². The van der Waals surface area contributed by atoms with Crippen molar-refractivity contribution in [2.45, 2.75) is 13.1 Å². The second-order valence-electron chi connectivity index (χ2n) is 4.75. The summed E-state index contributed by atoms with van der Waals surface area (Å²) in [6.07, 6.45) is 0. The lowest BCUT2D eigenvalue weighted by atomic mass is 10.1. The molecular weight excluding hydrogens is 321 g/mol. The topological polar surface area (TPSA) is 12.5 Å². The minimum atomic E-state index is -0.204. The quantitative estimate of drug-likeness (QED) is 0.809. The normalized spacial score (nSPS) is 10.8. The van der Waals surface area contributed by atoms with Crippen LogP contribution in [0.1, 0.15) is 11.1 Å². The summed E-state index contributed by atoms with van der Waals surface area (Å²) in [7, 11) is 3.70. The van der Waals surface area contributed by atoms with E-state index < -0.39 is 0 Å². The van der Waals surface area contributed by atoms with E-state index in [-0.39, 0.29) is 5.82 Å². The maximum absolute atomic E-state index is 12.9. The first-order valence-corrected chi connectivity index (χ1v) is 7.13. The van der Waals surface area contributed by atoms with Crippen LogP contribution in [0.25, 0.3) is 0 Å². The van der Waals surface area contributed by atoms with Gasteiger partial charge in [0.15, 0.2) is 0 Å². The summed E-state index contributed by atoms with van der Waals surface area (Å²) in [5.74, 6) is 0.671. The Morgan fingerprint density at radius 3 is 2.45 bits per heavy atom. The molecule has 0 unspecified atom stereocenters. The minimum Gasteiger partial charge on any atom is -0.496 e. The molecule has 0 bridgehead atoms. The molecule has 2 rings (SSSR count). The van der Waals surface area contributed by atoms with Crippen LogP contribution in [0.4, 0.5) is 4.39 Å². The van der Waals surface area contributed by atoms with E-state index in [0.717, 1.165) is 34.4 Å². The molecule has 0 radical (unpaired) electrons. The van der Waals surface area contributed by atoms with Gasteiger partial charge >= 0.3 is 0 Å². The number of hydrogen-bond acceptors (Lipinski definition) is 2. The largest absolute Gasteiger partial charge is 0.496 e. The van der Waals surface area contributed by atoms with Gasteiger partial charge in [-0.15, -0.1) is 0 Å². The SMILES string of the molecule is COc1ccc(Br)cc1CN(C)Cc1ccc(F)cc1.